The molecule has 0 fully saturated rings. The molecule has 4 heteroatoms. The van der Waals surface area contributed by atoms with E-state index >= 15 is 0 Å². The second kappa shape index (κ2) is 5.17. The molecule has 3 rings (SSSR count). The SMILES string of the molecule is O=C(O)[C@@H]1OC(c2ccccc2)=NC1c1ccccc1. The van der Waals surface area contributed by atoms with Crippen molar-refractivity contribution in [2.24, 2.45) is 4.99 Å². The summed E-state index contributed by atoms with van der Waals surface area (Å²) in [5, 5.41) is 9.31. The van der Waals surface area contributed by atoms with Gasteiger partial charge in [0.15, 0.2) is 0 Å². The van der Waals surface area contributed by atoms with Crippen LogP contribution in [0.15, 0.2) is 65.7 Å². The molecule has 0 radical (unpaired) electrons. The number of rotatable bonds is 3. The van der Waals surface area contributed by atoms with Crippen molar-refractivity contribution in [3.63, 3.8) is 0 Å². The van der Waals surface area contributed by atoms with Crippen molar-refractivity contribution in [2.75, 3.05) is 0 Å². The predicted molar refractivity (Wildman–Crippen MR) is 74.7 cm³/mol. The number of nitrogens with zero attached hydrogens (tertiary/aromatic N) is 1. The summed E-state index contributed by atoms with van der Waals surface area (Å²) >= 11 is 0. The molecule has 0 amide bonds. The van der Waals surface area contributed by atoms with E-state index in [1.54, 1.807) is 0 Å². The highest BCUT2D eigenvalue weighted by Gasteiger charge is 2.38. The van der Waals surface area contributed by atoms with E-state index in [1.807, 2.05) is 60.7 Å². The number of ether oxygens (including phenoxy) is 1. The van der Waals surface area contributed by atoms with Gasteiger partial charge in [-0.3, -0.25) is 0 Å². The molecule has 0 aromatic heterocycles. The van der Waals surface area contributed by atoms with Gasteiger partial charge < -0.3 is 9.84 Å². The largest absolute Gasteiger partial charge is 0.478 e. The number of aliphatic carboxylic acids is 1. The number of benzene rings is 2. The van der Waals surface area contributed by atoms with Gasteiger partial charge in [0.2, 0.25) is 12.0 Å². The van der Waals surface area contributed by atoms with Crippen LogP contribution in [0.25, 0.3) is 0 Å². The number of aliphatic imine (C=N–C) groups is 1. The Hall–Kier alpha value is -2.62. The van der Waals surface area contributed by atoms with E-state index in [0.717, 1.165) is 11.1 Å². The van der Waals surface area contributed by atoms with Crippen LogP contribution in [0.1, 0.15) is 17.2 Å². The molecule has 0 saturated carbocycles. The minimum absolute atomic E-state index is 0.381. The highest BCUT2D eigenvalue weighted by Crippen LogP contribution is 2.31. The molecule has 1 N–H and O–H groups in total. The van der Waals surface area contributed by atoms with Crippen molar-refractivity contribution < 1.29 is 14.6 Å². The first kappa shape index (κ1) is 12.4. The van der Waals surface area contributed by atoms with Crippen LogP contribution in [0.3, 0.4) is 0 Å². The maximum atomic E-state index is 11.4. The van der Waals surface area contributed by atoms with Crippen molar-refractivity contribution in [1.82, 2.24) is 0 Å². The van der Waals surface area contributed by atoms with Crippen LogP contribution in [0.4, 0.5) is 0 Å². The van der Waals surface area contributed by atoms with E-state index in [-0.39, 0.29) is 0 Å². The Morgan fingerprint density at radius 1 is 1.00 bits per heavy atom. The number of hydrogen-bond acceptors (Lipinski definition) is 3. The molecule has 1 aliphatic heterocycles. The van der Waals surface area contributed by atoms with E-state index in [1.165, 1.54) is 0 Å². The average Bonchev–Trinajstić information content (AvgIpc) is 2.94. The summed E-state index contributed by atoms with van der Waals surface area (Å²) in [4.78, 5) is 15.8. The van der Waals surface area contributed by atoms with Gasteiger partial charge in [-0.25, -0.2) is 9.79 Å². The van der Waals surface area contributed by atoms with Crippen molar-refractivity contribution in [3.05, 3.63) is 71.8 Å². The molecule has 1 heterocycles. The molecule has 0 spiro atoms. The molecule has 4 nitrogen and oxygen atoms in total. The van der Waals surface area contributed by atoms with Crippen molar-refractivity contribution in [1.29, 1.82) is 0 Å². The third-order valence-corrected chi connectivity index (χ3v) is 3.19. The standard InChI is InChI=1S/C16H13NO3/c18-16(19)14-13(11-7-3-1-4-8-11)17-15(20-14)12-9-5-2-6-10-12/h1-10,13-14H,(H,18,19)/t13?,14-/m1/s1. The highest BCUT2D eigenvalue weighted by molar-refractivity contribution is 5.97. The molecule has 0 saturated heterocycles. The zero-order valence-corrected chi connectivity index (χ0v) is 10.6. The second-order valence-corrected chi connectivity index (χ2v) is 4.53. The van der Waals surface area contributed by atoms with E-state index in [9.17, 15) is 9.90 Å². The van der Waals surface area contributed by atoms with Gasteiger partial charge in [0.1, 0.15) is 6.04 Å². The van der Waals surface area contributed by atoms with Gasteiger partial charge in [0.25, 0.3) is 0 Å². The summed E-state index contributed by atoms with van der Waals surface area (Å²) in [6.45, 7) is 0. The maximum absolute atomic E-state index is 11.4. The smallest absolute Gasteiger partial charge is 0.347 e. The first-order valence-electron chi connectivity index (χ1n) is 6.33. The third kappa shape index (κ3) is 2.28. The molecule has 1 aliphatic rings. The van der Waals surface area contributed by atoms with Gasteiger partial charge in [0, 0.05) is 5.56 Å². The van der Waals surface area contributed by atoms with E-state index in [0.29, 0.717) is 5.90 Å². The van der Waals surface area contributed by atoms with Gasteiger partial charge in [0.05, 0.1) is 0 Å². The highest BCUT2D eigenvalue weighted by atomic mass is 16.5. The lowest BCUT2D eigenvalue weighted by Crippen LogP contribution is -2.26. The Kier molecular flexibility index (Phi) is 3.21. The van der Waals surface area contributed by atoms with Crippen LogP contribution in [-0.4, -0.2) is 23.1 Å². The van der Waals surface area contributed by atoms with Crippen molar-refractivity contribution >= 4 is 11.9 Å². The van der Waals surface area contributed by atoms with Crippen molar-refractivity contribution in [2.45, 2.75) is 12.1 Å². The zero-order chi connectivity index (χ0) is 13.9. The summed E-state index contributed by atoms with van der Waals surface area (Å²) in [5.74, 6) is -0.625. The topological polar surface area (TPSA) is 58.9 Å². The van der Waals surface area contributed by atoms with Crippen molar-refractivity contribution in [3.8, 4) is 0 Å². The first-order chi connectivity index (χ1) is 9.75. The quantitative estimate of drug-likeness (QED) is 0.930. The van der Waals surface area contributed by atoms with Crippen LogP contribution in [-0.2, 0) is 9.53 Å². The van der Waals surface area contributed by atoms with Crippen LogP contribution >= 0.6 is 0 Å². The molecule has 2 aromatic carbocycles. The number of hydrogen-bond donors (Lipinski definition) is 1. The van der Waals surface area contributed by atoms with Crippen LogP contribution < -0.4 is 0 Å². The molecule has 0 aliphatic carbocycles. The summed E-state index contributed by atoms with van der Waals surface area (Å²) < 4.78 is 5.53. The minimum Gasteiger partial charge on any atom is -0.478 e. The number of carbonyl (C=O) groups is 1. The monoisotopic (exact) mass is 267 g/mol. The lowest BCUT2D eigenvalue weighted by atomic mass is 10.0. The molecule has 0 bridgehead atoms. The third-order valence-electron chi connectivity index (χ3n) is 3.19. The summed E-state index contributed by atoms with van der Waals surface area (Å²) in [7, 11) is 0. The van der Waals surface area contributed by atoms with E-state index in [2.05, 4.69) is 4.99 Å². The second-order valence-electron chi connectivity index (χ2n) is 4.53. The summed E-state index contributed by atoms with van der Waals surface area (Å²) in [6, 6.07) is 18.2. The molecule has 2 atom stereocenters. The average molecular weight is 267 g/mol. The van der Waals surface area contributed by atoms with Crippen LogP contribution in [0, 0.1) is 0 Å². The Balaban J connectivity index is 1.98. The van der Waals surface area contributed by atoms with Gasteiger partial charge >= 0.3 is 5.97 Å². The maximum Gasteiger partial charge on any atom is 0.347 e. The molecular weight excluding hydrogens is 254 g/mol. The fourth-order valence-corrected chi connectivity index (χ4v) is 2.22. The Bertz CT molecular complexity index is 637. The molecule has 20 heavy (non-hydrogen) atoms. The van der Waals surface area contributed by atoms with E-state index < -0.39 is 18.1 Å². The van der Waals surface area contributed by atoms with E-state index in [4.69, 9.17) is 4.74 Å². The van der Waals surface area contributed by atoms with Gasteiger partial charge in [-0.1, -0.05) is 48.5 Å². The number of carboxylic acids is 1. The van der Waals surface area contributed by atoms with Gasteiger partial charge in [-0.2, -0.15) is 0 Å². The minimum atomic E-state index is -1.01. The molecular formula is C16H13NO3. The summed E-state index contributed by atoms with van der Waals surface area (Å²) in [6.07, 6.45) is -0.979. The predicted octanol–water partition coefficient (Wildman–Crippen LogP) is 2.66. The molecule has 100 valence electrons. The van der Waals surface area contributed by atoms with Gasteiger partial charge in [-0.05, 0) is 17.7 Å². The lowest BCUT2D eigenvalue weighted by molar-refractivity contribution is -0.145. The number of carboxylic acid groups (broad SMARTS) is 1. The lowest BCUT2D eigenvalue weighted by Gasteiger charge is -2.13. The first-order valence-corrected chi connectivity index (χ1v) is 6.33. The molecule has 2 aromatic rings. The fraction of sp³-hybridized carbons (Fsp3) is 0.125. The Labute approximate surface area is 116 Å². The van der Waals surface area contributed by atoms with Gasteiger partial charge in [-0.15, -0.1) is 0 Å². The fourth-order valence-electron chi connectivity index (χ4n) is 2.22. The summed E-state index contributed by atoms with van der Waals surface area (Å²) in [5.41, 5.74) is 1.63. The normalized spacial score (nSPS) is 21.1. The van der Waals surface area contributed by atoms with Crippen LogP contribution in [0.5, 0.6) is 0 Å². The Morgan fingerprint density at radius 3 is 2.20 bits per heavy atom. The Morgan fingerprint density at radius 2 is 1.60 bits per heavy atom. The van der Waals surface area contributed by atoms with Crippen LogP contribution in [0.2, 0.25) is 0 Å². The zero-order valence-electron chi connectivity index (χ0n) is 10.6. The molecule has 1 unspecified atom stereocenters.